The molecule has 2 aliphatic rings. The molecule has 0 aromatic heterocycles. The fourth-order valence-corrected chi connectivity index (χ4v) is 1.82. The Labute approximate surface area is 90.8 Å². The molecule has 1 aliphatic carbocycles. The maximum Gasteiger partial charge on any atom is 0.246 e. The monoisotopic (exact) mass is 212 g/mol. The smallest absolute Gasteiger partial charge is 0.246 e. The molecule has 1 amide bonds. The predicted octanol–water partition coefficient (Wildman–Crippen LogP) is 0.281. The maximum atomic E-state index is 11.3. The Hall–Kier alpha value is -0.610. The van der Waals surface area contributed by atoms with Crippen molar-refractivity contribution in [1.29, 1.82) is 0 Å². The summed E-state index contributed by atoms with van der Waals surface area (Å²) in [6.45, 7) is 2.81. The van der Waals surface area contributed by atoms with Crippen LogP contribution in [-0.4, -0.2) is 38.3 Å². The lowest BCUT2D eigenvalue weighted by molar-refractivity contribution is -0.125. The molecule has 1 saturated heterocycles. The van der Waals surface area contributed by atoms with Crippen molar-refractivity contribution >= 4 is 5.91 Å². The fraction of sp³-hybridized carbons (Fsp3) is 0.909. The van der Waals surface area contributed by atoms with Gasteiger partial charge >= 0.3 is 0 Å². The number of hydrogen-bond donors (Lipinski definition) is 2. The molecule has 0 bridgehead atoms. The molecule has 4 nitrogen and oxygen atoms in total. The first-order chi connectivity index (χ1) is 7.34. The molecule has 2 fully saturated rings. The van der Waals surface area contributed by atoms with Gasteiger partial charge in [-0.3, -0.25) is 4.79 Å². The summed E-state index contributed by atoms with van der Waals surface area (Å²) in [5.41, 5.74) is 0. The van der Waals surface area contributed by atoms with E-state index in [1.807, 2.05) is 0 Å². The molecule has 0 aromatic rings. The second-order valence-electron chi connectivity index (χ2n) is 4.56. The number of ether oxygens (including phenoxy) is 1. The van der Waals surface area contributed by atoms with Crippen LogP contribution in [0.5, 0.6) is 0 Å². The Kier molecular flexibility index (Phi) is 3.97. The number of carbonyl (C=O) groups excluding carboxylic acids is 1. The van der Waals surface area contributed by atoms with Crippen molar-refractivity contribution in [2.75, 3.05) is 26.3 Å². The summed E-state index contributed by atoms with van der Waals surface area (Å²) in [6.07, 6.45) is 4.93. The van der Waals surface area contributed by atoms with Gasteiger partial charge in [0.15, 0.2) is 0 Å². The SMILES string of the molecule is O=C(COCC1CC1)NCC1CCCN1. The molecule has 4 heteroatoms. The molecule has 0 spiro atoms. The van der Waals surface area contributed by atoms with E-state index in [2.05, 4.69) is 10.6 Å². The zero-order valence-corrected chi connectivity index (χ0v) is 9.13. The highest BCUT2D eigenvalue weighted by molar-refractivity contribution is 5.77. The van der Waals surface area contributed by atoms with Crippen LogP contribution in [0.3, 0.4) is 0 Å². The summed E-state index contributed by atoms with van der Waals surface area (Å²) in [7, 11) is 0. The molecule has 86 valence electrons. The summed E-state index contributed by atoms with van der Waals surface area (Å²) in [5, 5.41) is 6.23. The molecule has 1 aliphatic heterocycles. The van der Waals surface area contributed by atoms with Gasteiger partial charge in [0.05, 0.1) is 6.61 Å². The molecule has 15 heavy (non-hydrogen) atoms. The number of hydrogen-bond acceptors (Lipinski definition) is 3. The van der Waals surface area contributed by atoms with Crippen molar-refractivity contribution in [3.63, 3.8) is 0 Å². The molecule has 0 radical (unpaired) electrons. The lowest BCUT2D eigenvalue weighted by Gasteiger charge is -2.11. The van der Waals surface area contributed by atoms with E-state index in [1.54, 1.807) is 0 Å². The van der Waals surface area contributed by atoms with Gasteiger partial charge in [-0.15, -0.1) is 0 Å². The van der Waals surface area contributed by atoms with E-state index in [9.17, 15) is 4.79 Å². The van der Waals surface area contributed by atoms with Crippen molar-refractivity contribution in [3.8, 4) is 0 Å². The highest BCUT2D eigenvalue weighted by atomic mass is 16.5. The first-order valence-corrected chi connectivity index (χ1v) is 5.92. The topological polar surface area (TPSA) is 50.4 Å². The van der Waals surface area contributed by atoms with Gasteiger partial charge in [-0.2, -0.15) is 0 Å². The zero-order valence-electron chi connectivity index (χ0n) is 9.13. The van der Waals surface area contributed by atoms with Gasteiger partial charge in [-0.05, 0) is 38.1 Å². The molecule has 2 rings (SSSR count). The van der Waals surface area contributed by atoms with Crippen LogP contribution in [0.15, 0.2) is 0 Å². The van der Waals surface area contributed by atoms with E-state index < -0.39 is 0 Å². The average molecular weight is 212 g/mol. The third-order valence-electron chi connectivity index (χ3n) is 2.99. The highest BCUT2D eigenvalue weighted by Gasteiger charge is 2.21. The number of nitrogens with one attached hydrogen (secondary N) is 2. The Morgan fingerprint density at radius 1 is 1.40 bits per heavy atom. The number of carbonyl (C=O) groups is 1. The lowest BCUT2D eigenvalue weighted by Crippen LogP contribution is -2.38. The Bertz CT molecular complexity index is 211. The van der Waals surface area contributed by atoms with Crippen LogP contribution >= 0.6 is 0 Å². The Balaban J connectivity index is 1.47. The third-order valence-corrected chi connectivity index (χ3v) is 2.99. The van der Waals surface area contributed by atoms with Crippen LogP contribution in [0.2, 0.25) is 0 Å². The summed E-state index contributed by atoms with van der Waals surface area (Å²) in [4.78, 5) is 11.3. The van der Waals surface area contributed by atoms with Crippen LogP contribution < -0.4 is 10.6 Å². The van der Waals surface area contributed by atoms with Gasteiger partial charge in [0.1, 0.15) is 6.61 Å². The van der Waals surface area contributed by atoms with Gasteiger partial charge in [0.2, 0.25) is 5.91 Å². The number of amides is 1. The van der Waals surface area contributed by atoms with Gasteiger partial charge < -0.3 is 15.4 Å². The summed E-state index contributed by atoms with van der Waals surface area (Å²) in [5.74, 6) is 0.749. The first kappa shape index (κ1) is 10.9. The van der Waals surface area contributed by atoms with Crippen LogP contribution in [0.25, 0.3) is 0 Å². The summed E-state index contributed by atoms with van der Waals surface area (Å²) >= 11 is 0. The maximum absolute atomic E-state index is 11.3. The van der Waals surface area contributed by atoms with Gasteiger partial charge in [0, 0.05) is 12.6 Å². The van der Waals surface area contributed by atoms with Crippen molar-refractivity contribution in [1.82, 2.24) is 10.6 Å². The molecule has 1 unspecified atom stereocenters. The standard InChI is InChI=1S/C11H20N2O2/c14-11(8-15-7-9-3-4-9)13-6-10-2-1-5-12-10/h9-10,12H,1-8H2,(H,13,14). The first-order valence-electron chi connectivity index (χ1n) is 5.92. The predicted molar refractivity (Wildman–Crippen MR) is 57.6 cm³/mol. The minimum atomic E-state index is 0.0179. The van der Waals surface area contributed by atoms with E-state index in [4.69, 9.17) is 4.74 Å². The molecular formula is C11H20N2O2. The van der Waals surface area contributed by atoms with E-state index >= 15 is 0 Å². The quantitative estimate of drug-likeness (QED) is 0.665. The van der Waals surface area contributed by atoms with Crippen LogP contribution in [0.4, 0.5) is 0 Å². The van der Waals surface area contributed by atoms with Crippen molar-refractivity contribution < 1.29 is 9.53 Å². The fourth-order valence-electron chi connectivity index (χ4n) is 1.82. The van der Waals surface area contributed by atoms with Crippen LogP contribution in [0, 0.1) is 5.92 Å². The van der Waals surface area contributed by atoms with E-state index in [1.165, 1.54) is 25.7 Å². The second kappa shape index (κ2) is 5.47. The van der Waals surface area contributed by atoms with Crippen molar-refractivity contribution in [2.45, 2.75) is 31.7 Å². The Morgan fingerprint density at radius 2 is 2.27 bits per heavy atom. The minimum Gasteiger partial charge on any atom is -0.371 e. The second-order valence-corrected chi connectivity index (χ2v) is 4.56. The van der Waals surface area contributed by atoms with Crippen LogP contribution in [-0.2, 0) is 9.53 Å². The largest absolute Gasteiger partial charge is 0.371 e. The van der Waals surface area contributed by atoms with Gasteiger partial charge in [-0.25, -0.2) is 0 Å². The van der Waals surface area contributed by atoms with E-state index in [0.717, 1.165) is 25.6 Å². The molecule has 1 heterocycles. The van der Waals surface area contributed by atoms with Crippen LogP contribution in [0.1, 0.15) is 25.7 Å². The zero-order chi connectivity index (χ0) is 10.5. The Morgan fingerprint density at radius 3 is 2.93 bits per heavy atom. The molecule has 2 N–H and O–H groups in total. The molecular weight excluding hydrogens is 192 g/mol. The van der Waals surface area contributed by atoms with Crippen molar-refractivity contribution in [3.05, 3.63) is 0 Å². The molecule has 0 aromatic carbocycles. The lowest BCUT2D eigenvalue weighted by atomic mass is 10.2. The minimum absolute atomic E-state index is 0.0179. The van der Waals surface area contributed by atoms with E-state index in [0.29, 0.717) is 6.04 Å². The van der Waals surface area contributed by atoms with Gasteiger partial charge in [-0.1, -0.05) is 0 Å². The summed E-state index contributed by atoms with van der Waals surface area (Å²) in [6, 6.07) is 0.470. The molecule has 1 saturated carbocycles. The normalized spacial score (nSPS) is 25.5. The van der Waals surface area contributed by atoms with E-state index in [-0.39, 0.29) is 12.5 Å². The number of rotatable bonds is 6. The van der Waals surface area contributed by atoms with Crippen molar-refractivity contribution in [2.24, 2.45) is 5.92 Å². The third kappa shape index (κ3) is 4.18. The van der Waals surface area contributed by atoms with Gasteiger partial charge in [0.25, 0.3) is 0 Å². The molecule has 1 atom stereocenters. The summed E-state index contributed by atoms with van der Waals surface area (Å²) < 4.78 is 5.30. The average Bonchev–Trinajstić information content (AvgIpc) is 2.91. The highest BCUT2D eigenvalue weighted by Crippen LogP contribution is 2.28.